The molecule has 36 heavy (non-hydrogen) atoms. The standard InChI is InChI=1S/C25H24N3O4S4/c1-5-28-20(13-19-27(9-11-33-19)14-15-8-10-34-21(15)25(30)32-4)36-22(23(28)29)24-26(2)17-12-16(31-3)6-7-18(17)35-24/h6-13H,5,14H2,1-4H3/q+1/b24-22+. The molecule has 4 aromatic rings. The number of aromatic nitrogens is 2. The van der Waals surface area contributed by atoms with E-state index in [9.17, 15) is 9.59 Å². The van der Waals surface area contributed by atoms with Crippen LogP contribution in [0, 0.1) is 0 Å². The van der Waals surface area contributed by atoms with Crippen molar-refractivity contribution in [3.63, 3.8) is 0 Å². The summed E-state index contributed by atoms with van der Waals surface area (Å²) >= 11 is 6.09. The van der Waals surface area contributed by atoms with Crippen molar-refractivity contribution in [3.05, 3.63) is 76.2 Å². The van der Waals surface area contributed by atoms with Gasteiger partial charge in [0.15, 0.2) is 12.7 Å². The van der Waals surface area contributed by atoms with Crippen LogP contribution in [0.1, 0.15) is 27.2 Å². The maximum Gasteiger partial charge on any atom is 0.348 e. The number of anilines is 1. The number of rotatable bonds is 6. The largest absolute Gasteiger partial charge is 0.497 e. The molecule has 0 atom stereocenters. The molecule has 11 heteroatoms. The molecule has 0 unspecified atom stereocenters. The summed E-state index contributed by atoms with van der Waals surface area (Å²) in [7, 11) is 5.04. The van der Waals surface area contributed by atoms with Crippen LogP contribution < -0.4 is 29.0 Å². The Kier molecular flexibility index (Phi) is 7.07. The highest BCUT2D eigenvalue weighted by molar-refractivity contribution is 8.08. The van der Waals surface area contributed by atoms with Gasteiger partial charge in [0.1, 0.15) is 24.9 Å². The Labute approximate surface area is 224 Å². The lowest BCUT2D eigenvalue weighted by Crippen LogP contribution is -2.36. The smallest absolute Gasteiger partial charge is 0.348 e. The summed E-state index contributed by atoms with van der Waals surface area (Å²) in [4.78, 5) is 29.4. The highest BCUT2D eigenvalue weighted by Gasteiger charge is 2.26. The van der Waals surface area contributed by atoms with E-state index in [0.29, 0.717) is 18.0 Å². The van der Waals surface area contributed by atoms with Crippen LogP contribution in [0.4, 0.5) is 5.69 Å². The molecule has 0 N–H and O–H groups in total. The fraction of sp³-hybridized carbons (Fsp3) is 0.240. The molecule has 0 fully saturated rings. The molecule has 1 aliphatic rings. The lowest BCUT2D eigenvalue weighted by atomic mass is 10.2. The van der Waals surface area contributed by atoms with E-state index < -0.39 is 0 Å². The van der Waals surface area contributed by atoms with E-state index in [1.165, 1.54) is 29.8 Å². The van der Waals surface area contributed by atoms with E-state index in [-0.39, 0.29) is 11.5 Å². The number of hydrogen-bond acceptors (Lipinski definition) is 9. The first-order chi connectivity index (χ1) is 17.4. The second kappa shape index (κ2) is 10.3. The third kappa shape index (κ3) is 4.40. The Morgan fingerprint density at radius 2 is 2.00 bits per heavy atom. The summed E-state index contributed by atoms with van der Waals surface area (Å²) in [5, 5.41) is 5.84. The molecule has 0 saturated carbocycles. The predicted octanol–water partition coefficient (Wildman–Crippen LogP) is 3.32. The van der Waals surface area contributed by atoms with Gasteiger partial charge in [-0.15, -0.1) is 22.7 Å². The van der Waals surface area contributed by atoms with Crippen molar-refractivity contribution in [1.29, 1.82) is 0 Å². The highest BCUT2D eigenvalue weighted by atomic mass is 32.2. The number of carbonyl (C=O) groups excluding carboxylic acids is 1. The molecule has 5 rings (SSSR count). The van der Waals surface area contributed by atoms with Crippen molar-refractivity contribution in [2.45, 2.75) is 24.9 Å². The summed E-state index contributed by atoms with van der Waals surface area (Å²) in [5.41, 5.74) is 1.96. The average molecular weight is 559 g/mol. The molecule has 0 radical (unpaired) electrons. The van der Waals surface area contributed by atoms with E-state index in [4.69, 9.17) is 9.47 Å². The predicted molar refractivity (Wildman–Crippen MR) is 147 cm³/mol. The van der Waals surface area contributed by atoms with Crippen LogP contribution in [0.5, 0.6) is 5.75 Å². The van der Waals surface area contributed by atoms with Crippen LogP contribution in [0.2, 0.25) is 0 Å². The van der Waals surface area contributed by atoms with Crippen molar-refractivity contribution in [2.24, 2.45) is 0 Å². The van der Waals surface area contributed by atoms with Gasteiger partial charge in [-0.3, -0.25) is 9.36 Å². The minimum atomic E-state index is -0.321. The van der Waals surface area contributed by atoms with E-state index in [1.54, 1.807) is 30.2 Å². The van der Waals surface area contributed by atoms with Gasteiger partial charge in [0.2, 0.25) is 0 Å². The van der Waals surface area contributed by atoms with Gasteiger partial charge in [-0.1, -0.05) is 23.1 Å². The minimum Gasteiger partial charge on any atom is -0.497 e. The lowest BCUT2D eigenvalue weighted by molar-refractivity contribution is -0.685. The lowest BCUT2D eigenvalue weighted by Gasteiger charge is -2.13. The van der Waals surface area contributed by atoms with E-state index in [1.807, 2.05) is 59.8 Å². The number of esters is 1. The Balaban J connectivity index is 1.57. The quantitative estimate of drug-likeness (QED) is 0.267. The number of thiophene rings is 1. The Bertz CT molecular complexity index is 1630. The van der Waals surface area contributed by atoms with Gasteiger partial charge in [-0.05, 0) is 30.5 Å². The topological polar surface area (TPSA) is 64.7 Å². The Morgan fingerprint density at radius 3 is 2.75 bits per heavy atom. The number of carbonyl (C=O) groups is 1. The third-order valence-electron chi connectivity index (χ3n) is 5.88. The summed E-state index contributed by atoms with van der Waals surface area (Å²) in [6, 6.07) is 7.92. The summed E-state index contributed by atoms with van der Waals surface area (Å²) in [6.07, 6.45) is 4.06. The fourth-order valence-electron chi connectivity index (χ4n) is 4.00. The van der Waals surface area contributed by atoms with Crippen molar-refractivity contribution in [3.8, 4) is 5.75 Å². The molecular formula is C25H24N3O4S4+. The van der Waals surface area contributed by atoms with E-state index in [0.717, 1.165) is 41.1 Å². The molecule has 0 amide bonds. The Morgan fingerprint density at radius 1 is 1.17 bits per heavy atom. The van der Waals surface area contributed by atoms with Crippen LogP contribution >= 0.6 is 45.8 Å². The number of thiazole rings is 2. The number of ether oxygens (including phenoxy) is 2. The van der Waals surface area contributed by atoms with Gasteiger partial charge in [0.05, 0.1) is 31.4 Å². The van der Waals surface area contributed by atoms with Crippen molar-refractivity contribution >= 4 is 68.5 Å². The van der Waals surface area contributed by atoms with Crippen LogP contribution in [-0.4, -0.2) is 31.8 Å². The third-order valence-corrected chi connectivity index (χ3v) is 10.2. The number of nitrogens with zero attached hydrogens (tertiary/aromatic N) is 3. The van der Waals surface area contributed by atoms with Gasteiger partial charge in [-0.2, -0.15) is 4.57 Å². The monoisotopic (exact) mass is 558 g/mol. The molecule has 0 saturated heterocycles. The van der Waals surface area contributed by atoms with Crippen molar-refractivity contribution in [1.82, 2.24) is 4.57 Å². The summed E-state index contributed by atoms with van der Waals surface area (Å²) < 4.78 is 15.8. The van der Waals surface area contributed by atoms with Gasteiger partial charge < -0.3 is 14.4 Å². The summed E-state index contributed by atoms with van der Waals surface area (Å²) in [6.45, 7) is 3.11. The normalized spacial score (nSPS) is 14.9. The van der Waals surface area contributed by atoms with Crippen LogP contribution in [-0.2, 0) is 17.8 Å². The minimum absolute atomic E-state index is 0.0109. The second-order valence-electron chi connectivity index (χ2n) is 7.90. The molecule has 3 aromatic heterocycles. The number of methoxy groups -OCH3 is 2. The van der Waals surface area contributed by atoms with Gasteiger partial charge in [0.25, 0.3) is 10.6 Å². The van der Waals surface area contributed by atoms with E-state index >= 15 is 0 Å². The van der Waals surface area contributed by atoms with Gasteiger partial charge in [0, 0.05) is 30.1 Å². The maximum absolute atomic E-state index is 13.5. The fourth-order valence-corrected chi connectivity index (χ4v) is 8.13. The Hall–Kier alpha value is -2.86. The van der Waals surface area contributed by atoms with Crippen LogP contribution in [0.25, 0.3) is 11.1 Å². The van der Waals surface area contributed by atoms with Crippen molar-refractivity contribution < 1.29 is 18.8 Å². The van der Waals surface area contributed by atoms with Gasteiger partial charge in [-0.25, -0.2) is 4.79 Å². The number of thioether (sulfide) groups is 1. The number of fused-ring (bicyclic) bond motifs is 1. The van der Waals surface area contributed by atoms with E-state index in [2.05, 4.69) is 15.5 Å². The SMILES string of the molecule is CCn1c(=O)/c(=C2\Sc3ccc(OC)cc3N2C)s/c1=C\c1scc[n+]1Cc1ccsc1C(=O)OC. The first-order valence-corrected chi connectivity index (χ1v) is 14.5. The highest BCUT2D eigenvalue weighted by Crippen LogP contribution is 2.46. The zero-order chi connectivity index (χ0) is 25.4. The molecular weight excluding hydrogens is 535 g/mol. The average Bonchev–Trinajstić information content (AvgIpc) is 3.66. The zero-order valence-electron chi connectivity index (χ0n) is 20.1. The van der Waals surface area contributed by atoms with Gasteiger partial charge >= 0.3 is 5.97 Å². The molecule has 0 spiro atoms. The number of hydrogen-bond donors (Lipinski definition) is 0. The molecule has 186 valence electrons. The molecule has 7 nitrogen and oxygen atoms in total. The zero-order valence-corrected chi connectivity index (χ0v) is 23.4. The first kappa shape index (κ1) is 24.8. The summed E-state index contributed by atoms with van der Waals surface area (Å²) in [5.74, 6) is 0.467. The molecule has 1 aromatic carbocycles. The molecule has 4 heterocycles. The van der Waals surface area contributed by atoms with Crippen molar-refractivity contribution in [2.75, 3.05) is 26.2 Å². The molecule has 0 bridgehead atoms. The second-order valence-corrected chi connectivity index (χ2v) is 11.8. The molecule has 1 aliphatic heterocycles. The van der Waals surface area contributed by atoms with Crippen LogP contribution in [0.15, 0.2) is 50.9 Å². The number of benzene rings is 1. The maximum atomic E-state index is 13.5. The first-order valence-electron chi connectivity index (χ1n) is 11.1. The molecule has 0 aliphatic carbocycles. The van der Waals surface area contributed by atoms with Crippen LogP contribution in [0.3, 0.4) is 0 Å².